The summed E-state index contributed by atoms with van der Waals surface area (Å²) in [6, 6.07) is 0.332. The molecule has 1 aromatic rings. The summed E-state index contributed by atoms with van der Waals surface area (Å²) in [4.78, 5) is 9.09. The first-order chi connectivity index (χ1) is 12.3. The molecule has 8 nitrogen and oxygen atoms in total. The van der Waals surface area contributed by atoms with Crippen molar-refractivity contribution in [1.29, 1.82) is 0 Å². The second-order valence-corrected chi connectivity index (χ2v) is 9.26. The predicted octanol–water partition coefficient (Wildman–Crippen LogP) is 1.75. The third-order valence-electron chi connectivity index (χ3n) is 4.84. The highest BCUT2D eigenvalue weighted by Gasteiger charge is 2.53. The van der Waals surface area contributed by atoms with E-state index in [0.29, 0.717) is 16.1 Å². The van der Waals surface area contributed by atoms with Crippen LogP contribution in [0, 0.1) is 5.41 Å². The van der Waals surface area contributed by atoms with Crippen LogP contribution in [0.5, 0.6) is 0 Å². The van der Waals surface area contributed by atoms with E-state index in [4.69, 9.17) is 15.6 Å². The van der Waals surface area contributed by atoms with E-state index in [1.54, 1.807) is 7.05 Å². The Kier molecular flexibility index (Phi) is 6.29. The van der Waals surface area contributed by atoms with E-state index in [0.717, 1.165) is 32.1 Å². The first kappa shape index (κ1) is 22.1. The maximum absolute atomic E-state index is 12.4. The average Bonchev–Trinajstić information content (AvgIpc) is 2.99. The fourth-order valence-electron chi connectivity index (χ4n) is 3.17. The van der Waals surface area contributed by atoms with Crippen molar-refractivity contribution in [1.82, 2.24) is 14.5 Å². The Hall–Kier alpha value is -1.18. The molecule has 2 saturated carbocycles. The zero-order valence-corrected chi connectivity index (χ0v) is 16.7. The number of carboxylic acid groups (broad SMARTS) is 1. The van der Waals surface area contributed by atoms with Gasteiger partial charge in [0.15, 0.2) is 0 Å². The maximum Gasteiger partial charge on any atom is 0.490 e. The summed E-state index contributed by atoms with van der Waals surface area (Å²) in [5.41, 5.74) is 6.28. The number of rotatable bonds is 3. The topological polar surface area (TPSA) is 127 Å². The van der Waals surface area contributed by atoms with Crippen molar-refractivity contribution in [3.63, 3.8) is 0 Å². The van der Waals surface area contributed by atoms with Crippen LogP contribution >= 0.6 is 15.9 Å². The molecule has 4 N–H and O–H groups in total. The Morgan fingerprint density at radius 3 is 2.26 bits per heavy atom. The number of sulfonamides is 1. The van der Waals surface area contributed by atoms with Crippen molar-refractivity contribution in [2.45, 2.75) is 55.3 Å². The van der Waals surface area contributed by atoms with Crippen molar-refractivity contribution in [3.8, 4) is 0 Å². The Balaban J connectivity index is 0.000000321. The van der Waals surface area contributed by atoms with Crippen LogP contribution in [0.3, 0.4) is 0 Å². The van der Waals surface area contributed by atoms with E-state index in [9.17, 15) is 21.6 Å². The van der Waals surface area contributed by atoms with Crippen LogP contribution in [0.25, 0.3) is 0 Å². The van der Waals surface area contributed by atoms with Gasteiger partial charge in [-0.05, 0) is 53.4 Å². The van der Waals surface area contributed by atoms with Gasteiger partial charge in [0.25, 0.3) is 0 Å². The largest absolute Gasteiger partial charge is 0.490 e. The number of nitrogens with one attached hydrogen (secondary N) is 1. The third-order valence-corrected chi connectivity index (χ3v) is 7.21. The molecule has 154 valence electrons. The molecule has 1 aromatic heterocycles. The van der Waals surface area contributed by atoms with E-state index in [1.165, 1.54) is 10.9 Å². The first-order valence-corrected chi connectivity index (χ1v) is 10.3. The number of aromatic nitrogens is 2. The molecule has 3 rings (SSSR count). The molecule has 1 spiro atoms. The van der Waals surface area contributed by atoms with E-state index >= 15 is 0 Å². The minimum Gasteiger partial charge on any atom is -0.475 e. The lowest BCUT2D eigenvalue weighted by Gasteiger charge is -2.29. The number of nitrogens with zero attached hydrogens (tertiary/aromatic N) is 2. The van der Waals surface area contributed by atoms with Crippen LogP contribution in [-0.4, -0.2) is 47.5 Å². The lowest BCUT2D eigenvalue weighted by atomic mass is 9.83. The zero-order valence-electron chi connectivity index (χ0n) is 14.3. The van der Waals surface area contributed by atoms with Crippen molar-refractivity contribution in [2.24, 2.45) is 18.2 Å². The number of carbonyl (C=O) groups is 1. The summed E-state index contributed by atoms with van der Waals surface area (Å²) in [5, 5.41) is 11.1. The molecule has 0 amide bonds. The van der Waals surface area contributed by atoms with Gasteiger partial charge in [0.05, 0.1) is 0 Å². The zero-order chi connectivity index (χ0) is 20.6. The van der Waals surface area contributed by atoms with E-state index < -0.39 is 22.2 Å². The molecule has 1 heterocycles. The summed E-state index contributed by atoms with van der Waals surface area (Å²) in [6.45, 7) is 0. The molecule has 0 aliphatic heterocycles. The average molecular weight is 477 g/mol. The lowest BCUT2D eigenvalue weighted by molar-refractivity contribution is -0.192. The summed E-state index contributed by atoms with van der Waals surface area (Å²) in [5.74, 6) is -2.76. The van der Waals surface area contributed by atoms with Crippen molar-refractivity contribution >= 4 is 31.9 Å². The van der Waals surface area contributed by atoms with Crippen LogP contribution in [0.4, 0.5) is 13.2 Å². The summed E-state index contributed by atoms with van der Waals surface area (Å²) >= 11 is 3.19. The fraction of sp³-hybridized carbons (Fsp3) is 0.714. The Labute approximate surface area is 162 Å². The molecule has 2 fully saturated rings. The van der Waals surface area contributed by atoms with Gasteiger partial charge in [-0.2, -0.15) is 18.3 Å². The lowest BCUT2D eigenvalue weighted by Crippen LogP contribution is -2.38. The summed E-state index contributed by atoms with van der Waals surface area (Å²) < 4.78 is 61.1. The second-order valence-electron chi connectivity index (χ2n) is 6.83. The normalized spacial score (nSPS) is 27.8. The van der Waals surface area contributed by atoms with Crippen LogP contribution in [0.15, 0.2) is 15.7 Å². The number of nitrogens with two attached hydrogens (primary N) is 1. The second kappa shape index (κ2) is 7.68. The highest BCUT2D eigenvalue weighted by molar-refractivity contribution is 9.10. The first-order valence-electron chi connectivity index (χ1n) is 8.04. The minimum absolute atomic E-state index is 0.00512. The SMILES string of the molecule is Cn1cc(S(=O)(=O)NC2CCC3(CC2)CC3N)c(Br)n1.O=C(O)C(F)(F)F. The molecule has 0 aromatic carbocycles. The number of aryl methyl sites for hydroxylation is 1. The van der Waals surface area contributed by atoms with Gasteiger partial charge < -0.3 is 10.8 Å². The highest BCUT2D eigenvalue weighted by atomic mass is 79.9. The highest BCUT2D eigenvalue weighted by Crippen LogP contribution is 2.55. The van der Waals surface area contributed by atoms with Crippen LogP contribution in [-0.2, 0) is 21.9 Å². The van der Waals surface area contributed by atoms with E-state index in [2.05, 4.69) is 25.8 Å². The Morgan fingerprint density at radius 2 is 1.93 bits per heavy atom. The van der Waals surface area contributed by atoms with Gasteiger partial charge in [0, 0.05) is 25.3 Å². The predicted molar refractivity (Wildman–Crippen MR) is 92.2 cm³/mol. The molecule has 0 radical (unpaired) electrons. The number of hydrogen-bond acceptors (Lipinski definition) is 5. The van der Waals surface area contributed by atoms with Crippen molar-refractivity contribution in [2.75, 3.05) is 0 Å². The van der Waals surface area contributed by atoms with Gasteiger partial charge in [-0.15, -0.1) is 0 Å². The summed E-state index contributed by atoms with van der Waals surface area (Å²) in [7, 11) is -1.81. The Bertz CT molecular complexity index is 804. The number of aliphatic carboxylic acids is 1. The van der Waals surface area contributed by atoms with Gasteiger partial charge >= 0.3 is 12.1 Å². The molecule has 1 atom stereocenters. The third kappa shape index (κ3) is 5.42. The van der Waals surface area contributed by atoms with Gasteiger partial charge in [0.2, 0.25) is 10.0 Å². The summed E-state index contributed by atoms with van der Waals surface area (Å²) in [6.07, 6.45) is 1.30. The molecule has 0 saturated heterocycles. The van der Waals surface area contributed by atoms with Gasteiger partial charge in [-0.25, -0.2) is 17.9 Å². The molecule has 0 bridgehead atoms. The minimum atomic E-state index is -5.08. The van der Waals surface area contributed by atoms with Gasteiger partial charge in [-0.1, -0.05) is 0 Å². The molecule has 13 heteroatoms. The molecule has 2 aliphatic rings. The smallest absolute Gasteiger partial charge is 0.475 e. The molecular formula is C14H20BrF3N4O4S. The van der Waals surface area contributed by atoms with Crippen LogP contribution in [0.2, 0.25) is 0 Å². The van der Waals surface area contributed by atoms with Gasteiger partial charge in [0.1, 0.15) is 9.50 Å². The standard InChI is InChI=1S/C12H19BrN4O2S.C2HF3O2/c1-17-7-9(11(13)15-17)20(18,19)16-8-2-4-12(5-3-8)6-10(12)14;3-2(4,5)1(6)7/h7-8,10,16H,2-6,14H2,1H3;(H,6,7). The Morgan fingerprint density at radius 1 is 1.44 bits per heavy atom. The number of halogens is 4. The molecule has 1 unspecified atom stereocenters. The molecular weight excluding hydrogens is 457 g/mol. The van der Waals surface area contributed by atoms with Crippen molar-refractivity contribution in [3.05, 3.63) is 10.8 Å². The van der Waals surface area contributed by atoms with E-state index in [-0.39, 0.29) is 10.9 Å². The maximum atomic E-state index is 12.4. The van der Waals surface area contributed by atoms with Crippen LogP contribution in [0.1, 0.15) is 32.1 Å². The molecule has 27 heavy (non-hydrogen) atoms. The van der Waals surface area contributed by atoms with Gasteiger partial charge in [-0.3, -0.25) is 4.68 Å². The van der Waals surface area contributed by atoms with E-state index in [1.807, 2.05) is 0 Å². The number of alkyl halides is 3. The molecule has 2 aliphatic carbocycles. The quantitative estimate of drug-likeness (QED) is 0.609. The number of hydrogen-bond donors (Lipinski definition) is 3. The van der Waals surface area contributed by atoms with Crippen molar-refractivity contribution < 1.29 is 31.5 Å². The number of carboxylic acids is 1. The fourth-order valence-corrected chi connectivity index (χ4v) is 5.51. The monoisotopic (exact) mass is 476 g/mol. The van der Waals surface area contributed by atoms with Crippen LogP contribution < -0.4 is 10.5 Å².